The van der Waals surface area contributed by atoms with E-state index in [1.165, 1.54) is 0 Å². The summed E-state index contributed by atoms with van der Waals surface area (Å²) in [6.45, 7) is 16.3. The van der Waals surface area contributed by atoms with Crippen molar-refractivity contribution in [1.82, 2.24) is 14.7 Å². The second-order valence-corrected chi connectivity index (χ2v) is 12.1. The molecule has 1 aromatic rings. The van der Waals surface area contributed by atoms with Crippen LogP contribution < -0.4 is 0 Å². The third-order valence-electron chi connectivity index (χ3n) is 9.75. The highest BCUT2D eigenvalue weighted by atomic mass is 16.5. The number of rotatable bonds is 12. The normalized spacial score (nSPS) is 31.9. The van der Waals surface area contributed by atoms with Crippen molar-refractivity contribution in [3.8, 4) is 0 Å². The number of hydrogen-bond donors (Lipinski definition) is 1. The van der Waals surface area contributed by atoms with Gasteiger partial charge in [0.05, 0.1) is 30.1 Å². The summed E-state index contributed by atoms with van der Waals surface area (Å²) < 4.78 is 6.88. The van der Waals surface area contributed by atoms with E-state index in [0.717, 1.165) is 5.56 Å². The molecular formula is C32H45N3O5. The lowest BCUT2D eigenvalue weighted by Gasteiger charge is -2.41. The van der Waals surface area contributed by atoms with Crippen molar-refractivity contribution < 1.29 is 24.2 Å². The lowest BCUT2D eigenvalue weighted by Crippen LogP contribution is -2.59. The molecule has 0 radical (unpaired) electrons. The molecule has 0 aliphatic carbocycles. The van der Waals surface area contributed by atoms with Crippen molar-refractivity contribution in [2.45, 2.75) is 70.4 Å². The Bertz CT molecular complexity index is 1140. The Morgan fingerprint density at radius 1 is 1.20 bits per heavy atom. The van der Waals surface area contributed by atoms with Gasteiger partial charge >= 0.3 is 0 Å². The van der Waals surface area contributed by atoms with Gasteiger partial charge in [0.1, 0.15) is 11.6 Å². The first-order valence-corrected chi connectivity index (χ1v) is 14.4. The van der Waals surface area contributed by atoms with E-state index in [2.05, 4.69) is 13.2 Å². The lowest BCUT2D eigenvalue weighted by atomic mass is 9.62. The summed E-state index contributed by atoms with van der Waals surface area (Å²) in [6, 6.07) is 8.15. The maximum atomic E-state index is 14.7. The van der Waals surface area contributed by atoms with Gasteiger partial charge in [0.2, 0.25) is 17.7 Å². The van der Waals surface area contributed by atoms with E-state index >= 15 is 0 Å². The zero-order valence-electron chi connectivity index (χ0n) is 24.6. The fraction of sp³-hybridized carbons (Fsp3) is 0.594. The standard InChI is InChI=1S/C32H45N3O5/c1-8-16-33(7)28(37)25-26-29(38)35(24(20-36)21(4)10-3)27(32(26)18-22(5)31(25,6)40-32)30(39)34(17-9-2)19-23-14-12-11-13-15-23/h8-9,11-15,21-22,24-27,36H,1-2,10,16-20H2,3-7H3/t21-,22?,24-,25-,26-,27?,31+,32?/m0/s1. The number of carbonyl (C=O) groups is 3. The second-order valence-electron chi connectivity index (χ2n) is 12.1. The van der Waals surface area contributed by atoms with Crippen molar-refractivity contribution in [2.75, 3.05) is 26.7 Å². The summed E-state index contributed by atoms with van der Waals surface area (Å²) in [4.78, 5) is 48.0. The summed E-state index contributed by atoms with van der Waals surface area (Å²) in [5.74, 6) is -2.39. The summed E-state index contributed by atoms with van der Waals surface area (Å²) in [6.07, 6.45) is 4.54. The van der Waals surface area contributed by atoms with Gasteiger partial charge in [0, 0.05) is 26.7 Å². The Morgan fingerprint density at radius 2 is 1.85 bits per heavy atom. The molecule has 40 heavy (non-hydrogen) atoms. The van der Waals surface area contributed by atoms with E-state index in [-0.39, 0.29) is 42.7 Å². The van der Waals surface area contributed by atoms with Crippen LogP contribution in [0.1, 0.15) is 46.1 Å². The number of likely N-dealkylation sites (N-methyl/N-ethyl adjacent to an activating group) is 1. The van der Waals surface area contributed by atoms with Gasteiger partial charge in [-0.15, -0.1) is 13.2 Å². The molecule has 1 N–H and O–H groups in total. The molecule has 1 spiro atoms. The summed E-state index contributed by atoms with van der Waals surface area (Å²) >= 11 is 0. The molecule has 0 saturated carbocycles. The first kappa shape index (κ1) is 30.0. The van der Waals surface area contributed by atoms with Crippen LogP contribution in [0.5, 0.6) is 0 Å². The Hall–Kier alpha value is -2.97. The van der Waals surface area contributed by atoms with Gasteiger partial charge in [-0.1, -0.05) is 69.7 Å². The van der Waals surface area contributed by atoms with Gasteiger partial charge in [-0.05, 0) is 30.7 Å². The molecule has 0 aromatic heterocycles. The van der Waals surface area contributed by atoms with Gasteiger partial charge in [0.25, 0.3) is 0 Å². The molecule has 218 valence electrons. The molecule has 2 bridgehead atoms. The van der Waals surface area contributed by atoms with Gasteiger partial charge in [0.15, 0.2) is 0 Å². The maximum absolute atomic E-state index is 14.7. The lowest BCUT2D eigenvalue weighted by molar-refractivity contribution is -0.158. The van der Waals surface area contributed by atoms with Crippen LogP contribution in [0.25, 0.3) is 0 Å². The van der Waals surface area contributed by atoms with Crippen molar-refractivity contribution in [3.63, 3.8) is 0 Å². The Labute approximate surface area is 238 Å². The zero-order valence-corrected chi connectivity index (χ0v) is 24.6. The minimum absolute atomic E-state index is 0.0592. The van der Waals surface area contributed by atoms with Gasteiger partial charge in [-0.3, -0.25) is 14.4 Å². The molecule has 3 saturated heterocycles. The molecule has 3 amide bonds. The predicted octanol–water partition coefficient (Wildman–Crippen LogP) is 3.26. The smallest absolute Gasteiger partial charge is 0.249 e. The Kier molecular flexibility index (Phi) is 8.62. The van der Waals surface area contributed by atoms with Crippen LogP contribution in [0, 0.1) is 23.7 Å². The summed E-state index contributed by atoms with van der Waals surface area (Å²) in [5, 5.41) is 10.6. The monoisotopic (exact) mass is 551 g/mol. The van der Waals surface area contributed by atoms with Crippen molar-refractivity contribution in [2.24, 2.45) is 23.7 Å². The average Bonchev–Trinajstić information content (AvgIpc) is 3.45. The zero-order chi connectivity index (χ0) is 29.4. The van der Waals surface area contributed by atoms with Crippen LogP contribution >= 0.6 is 0 Å². The fourth-order valence-corrected chi connectivity index (χ4v) is 7.39. The molecular weight excluding hydrogens is 506 g/mol. The average molecular weight is 552 g/mol. The van der Waals surface area contributed by atoms with E-state index in [0.29, 0.717) is 25.9 Å². The number of aliphatic hydroxyl groups excluding tert-OH is 1. The Balaban J connectivity index is 1.86. The SMILES string of the molecule is C=CCN(C)C(=O)[C@@H]1[C@H]2C(=O)N([C@@H](CO)[C@@H](C)CC)C(C(=O)N(CC=C)Cc3ccccc3)C23CC(C)[C@@]1(C)O3. The molecule has 3 unspecified atom stereocenters. The second kappa shape index (κ2) is 11.5. The maximum Gasteiger partial charge on any atom is 0.249 e. The Morgan fingerprint density at radius 3 is 2.42 bits per heavy atom. The first-order valence-electron chi connectivity index (χ1n) is 14.4. The highest BCUT2D eigenvalue weighted by Crippen LogP contribution is 2.66. The minimum atomic E-state index is -1.17. The number of carbonyl (C=O) groups excluding carboxylic acids is 3. The van der Waals surface area contributed by atoms with Crippen molar-refractivity contribution in [3.05, 3.63) is 61.2 Å². The van der Waals surface area contributed by atoms with E-state index in [9.17, 15) is 19.5 Å². The fourth-order valence-electron chi connectivity index (χ4n) is 7.39. The number of hydrogen-bond acceptors (Lipinski definition) is 5. The molecule has 8 nitrogen and oxygen atoms in total. The number of aliphatic hydroxyl groups is 1. The molecule has 3 aliphatic rings. The van der Waals surface area contributed by atoms with Crippen LogP contribution in [-0.2, 0) is 25.7 Å². The quantitative estimate of drug-likeness (QED) is 0.403. The number of ether oxygens (including phenoxy) is 1. The van der Waals surface area contributed by atoms with Crippen LogP contribution in [0.4, 0.5) is 0 Å². The number of amides is 3. The van der Waals surface area contributed by atoms with Crippen LogP contribution in [0.15, 0.2) is 55.6 Å². The van der Waals surface area contributed by atoms with Gasteiger partial charge in [-0.25, -0.2) is 0 Å². The molecule has 3 fully saturated rings. The largest absolute Gasteiger partial charge is 0.394 e. The number of fused-ring (bicyclic) bond motifs is 1. The summed E-state index contributed by atoms with van der Waals surface area (Å²) in [5.41, 5.74) is -1.11. The van der Waals surface area contributed by atoms with E-state index in [1.54, 1.807) is 33.9 Å². The number of nitrogens with zero attached hydrogens (tertiary/aromatic N) is 3. The molecule has 4 rings (SSSR count). The van der Waals surface area contributed by atoms with E-state index in [1.807, 2.05) is 58.0 Å². The van der Waals surface area contributed by atoms with Crippen molar-refractivity contribution >= 4 is 17.7 Å². The molecule has 8 heteroatoms. The van der Waals surface area contributed by atoms with Gasteiger partial charge < -0.3 is 24.5 Å². The number of likely N-dealkylation sites (tertiary alicyclic amines) is 1. The van der Waals surface area contributed by atoms with Crippen LogP contribution in [-0.4, -0.2) is 87.6 Å². The van der Waals surface area contributed by atoms with E-state index < -0.39 is 35.1 Å². The summed E-state index contributed by atoms with van der Waals surface area (Å²) in [7, 11) is 1.71. The van der Waals surface area contributed by atoms with Gasteiger partial charge in [-0.2, -0.15) is 0 Å². The minimum Gasteiger partial charge on any atom is -0.394 e. The topological polar surface area (TPSA) is 90.4 Å². The molecule has 1 aromatic carbocycles. The molecule has 3 heterocycles. The highest BCUT2D eigenvalue weighted by molar-refractivity contribution is 5.99. The molecule has 8 atom stereocenters. The predicted molar refractivity (Wildman–Crippen MR) is 154 cm³/mol. The van der Waals surface area contributed by atoms with Crippen LogP contribution in [0.3, 0.4) is 0 Å². The third kappa shape index (κ3) is 4.59. The van der Waals surface area contributed by atoms with E-state index in [4.69, 9.17) is 4.74 Å². The highest BCUT2D eigenvalue weighted by Gasteiger charge is 2.80. The first-order chi connectivity index (χ1) is 19.0. The third-order valence-corrected chi connectivity index (χ3v) is 9.75. The van der Waals surface area contributed by atoms with Crippen LogP contribution in [0.2, 0.25) is 0 Å². The molecule has 3 aliphatic heterocycles. The number of benzene rings is 1. The van der Waals surface area contributed by atoms with Crippen molar-refractivity contribution in [1.29, 1.82) is 0 Å².